The molecule has 0 saturated carbocycles. The van der Waals surface area contributed by atoms with E-state index in [-0.39, 0.29) is 5.82 Å². The minimum Gasteiger partial charge on any atom is -0.314 e. The van der Waals surface area contributed by atoms with E-state index in [1.165, 1.54) is 12.3 Å². The average molecular weight is 210 g/mol. The molecule has 2 nitrogen and oxygen atoms in total. The molecule has 1 unspecified atom stereocenters. The lowest BCUT2D eigenvalue weighted by Crippen LogP contribution is -2.28. The molecule has 0 bridgehead atoms. The predicted molar refractivity (Wildman–Crippen MR) is 60.4 cm³/mol. The van der Waals surface area contributed by atoms with Gasteiger partial charge < -0.3 is 5.32 Å². The lowest BCUT2D eigenvalue weighted by molar-refractivity contribution is 0.511. The molecule has 0 amide bonds. The SMILES string of the molecule is CCC(CNC(C)C)c1ccc(F)cn1. The molecule has 0 aliphatic heterocycles. The second-order valence-corrected chi connectivity index (χ2v) is 4.07. The van der Waals surface area contributed by atoms with Crippen LogP contribution in [0.3, 0.4) is 0 Å². The van der Waals surface area contributed by atoms with Gasteiger partial charge in [0.15, 0.2) is 0 Å². The van der Waals surface area contributed by atoms with Crippen LogP contribution in [-0.2, 0) is 0 Å². The lowest BCUT2D eigenvalue weighted by atomic mass is 10.0. The minimum absolute atomic E-state index is 0.273. The average Bonchev–Trinajstić information content (AvgIpc) is 2.21. The highest BCUT2D eigenvalue weighted by Gasteiger charge is 2.10. The van der Waals surface area contributed by atoms with Crippen LogP contribution in [0, 0.1) is 5.82 Å². The molecule has 1 heterocycles. The maximum Gasteiger partial charge on any atom is 0.141 e. The Hall–Kier alpha value is -0.960. The Bertz CT molecular complexity index is 282. The number of hydrogen-bond acceptors (Lipinski definition) is 2. The van der Waals surface area contributed by atoms with Crippen molar-refractivity contribution >= 4 is 0 Å². The number of pyridine rings is 1. The van der Waals surface area contributed by atoms with Crippen LogP contribution in [0.5, 0.6) is 0 Å². The molecule has 84 valence electrons. The van der Waals surface area contributed by atoms with Gasteiger partial charge in [-0.1, -0.05) is 20.8 Å². The molecule has 1 N–H and O–H groups in total. The largest absolute Gasteiger partial charge is 0.314 e. The number of nitrogens with zero attached hydrogens (tertiary/aromatic N) is 1. The van der Waals surface area contributed by atoms with Crippen molar-refractivity contribution in [2.24, 2.45) is 0 Å². The number of hydrogen-bond donors (Lipinski definition) is 1. The molecule has 1 aromatic rings. The Morgan fingerprint density at radius 2 is 2.13 bits per heavy atom. The summed E-state index contributed by atoms with van der Waals surface area (Å²) >= 11 is 0. The van der Waals surface area contributed by atoms with Crippen molar-refractivity contribution in [2.75, 3.05) is 6.54 Å². The molecule has 0 fully saturated rings. The zero-order valence-electron chi connectivity index (χ0n) is 9.63. The highest BCUT2D eigenvalue weighted by molar-refractivity contribution is 5.10. The highest BCUT2D eigenvalue weighted by atomic mass is 19.1. The van der Waals surface area contributed by atoms with Crippen LogP contribution in [0.15, 0.2) is 18.3 Å². The molecule has 0 aromatic carbocycles. The Balaban J connectivity index is 2.61. The molecule has 0 saturated heterocycles. The van der Waals surface area contributed by atoms with Crippen LogP contribution in [0.25, 0.3) is 0 Å². The topological polar surface area (TPSA) is 24.9 Å². The summed E-state index contributed by atoms with van der Waals surface area (Å²) in [5, 5.41) is 3.38. The summed E-state index contributed by atoms with van der Waals surface area (Å²) in [6.07, 6.45) is 2.30. The molecular weight excluding hydrogens is 191 g/mol. The third kappa shape index (κ3) is 3.96. The van der Waals surface area contributed by atoms with E-state index < -0.39 is 0 Å². The predicted octanol–water partition coefficient (Wildman–Crippen LogP) is 2.71. The van der Waals surface area contributed by atoms with Gasteiger partial charge in [0.2, 0.25) is 0 Å². The van der Waals surface area contributed by atoms with Crippen LogP contribution in [0.1, 0.15) is 38.8 Å². The Morgan fingerprint density at radius 1 is 1.40 bits per heavy atom. The van der Waals surface area contributed by atoms with Crippen LogP contribution in [-0.4, -0.2) is 17.6 Å². The van der Waals surface area contributed by atoms with Gasteiger partial charge >= 0.3 is 0 Å². The van der Waals surface area contributed by atoms with Gasteiger partial charge in [0.25, 0.3) is 0 Å². The van der Waals surface area contributed by atoms with E-state index in [0.29, 0.717) is 12.0 Å². The molecule has 1 aromatic heterocycles. The molecule has 0 radical (unpaired) electrons. The number of nitrogens with one attached hydrogen (secondary N) is 1. The van der Waals surface area contributed by atoms with E-state index >= 15 is 0 Å². The van der Waals surface area contributed by atoms with Gasteiger partial charge in [-0.25, -0.2) is 4.39 Å². The van der Waals surface area contributed by atoms with E-state index in [1.807, 2.05) is 0 Å². The van der Waals surface area contributed by atoms with Crippen LogP contribution in [0.4, 0.5) is 4.39 Å². The summed E-state index contributed by atoms with van der Waals surface area (Å²) < 4.78 is 12.7. The lowest BCUT2D eigenvalue weighted by Gasteiger charge is -2.16. The van der Waals surface area contributed by atoms with Crippen molar-refractivity contribution in [3.63, 3.8) is 0 Å². The molecular formula is C12H19FN2. The van der Waals surface area contributed by atoms with Crippen molar-refractivity contribution in [1.82, 2.24) is 10.3 Å². The first-order chi connectivity index (χ1) is 7.13. The van der Waals surface area contributed by atoms with E-state index in [2.05, 4.69) is 31.1 Å². The van der Waals surface area contributed by atoms with E-state index in [9.17, 15) is 4.39 Å². The molecule has 0 spiro atoms. The van der Waals surface area contributed by atoms with Crippen molar-refractivity contribution < 1.29 is 4.39 Å². The van der Waals surface area contributed by atoms with Crippen molar-refractivity contribution in [3.8, 4) is 0 Å². The van der Waals surface area contributed by atoms with Crippen molar-refractivity contribution in [1.29, 1.82) is 0 Å². The van der Waals surface area contributed by atoms with Gasteiger partial charge in [0.05, 0.1) is 6.20 Å². The van der Waals surface area contributed by atoms with Crippen molar-refractivity contribution in [2.45, 2.75) is 39.2 Å². The summed E-state index contributed by atoms with van der Waals surface area (Å²) in [6.45, 7) is 7.25. The van der Waals surface area contributed by atoms with E-state index in [4.69, 9.17) is 0 Å². The molecule has 0 aliphatic carbocycles. The van der Waals surface area contributed by atoms with Crippen molar-refractivity contribution in [3.05, 3.63) is 29.8 Å². The quantitative estimate of drug-likeness (QED) is 0.808. The second-order valence-electron chi connectivity index (χ2n) is 4.07. The third-order valence-corrected chi connectivity index (χ3v) is 2.43. The Morgan fingerprint density at radius 3 is 2.60 bits per heavy atom. The fourth-order valence-corrected chi connectivity index (χ4v) is 1.46. The summed E-state index contributed by atoms with van der Waals surface area (Å²) in [4.78, 5) is 4.11. The summed E-state index contributed by atoms with van der Waals surface area (Å²) in [6, 6.07) is 3.71. The maximum atomic E-state index is 12.7. The number of halogens is 1. The molecule has 1 rings (SSSR count). The van der Waals surface area contributed by atoms with Gasteiger partial charge in [-0.15, -0.1) is 0 Å². The zero-order chi connectivity index (χ0) is 11.3. The van der Waals surface area contributed by atoms with Gasteiger partial charge in [0, 0.05) is 24.2 Å². The first kappa shape index (κ1) is 12.1. The monoisotopic (exact) mass is 210 g/mol. The summed E-state index contributed by atoms with van der Waals surface area (Å²) in [5.41, 5.74) is 0.965. The molecule has 0 aliphatic rings. The third-order valence-electron chi connectivity index (χ3n) is 2.43. The molecule has 1 atom stereocenters. The van der Waals surface area contributed by atoms with Gasteiger partial charge in [-0.2, -0.15) is 0 Å². The van der Waals surface area contributed by atoms with Crippen LogP contribution >= 0.6 is 0 Å². The smallest absolute Gasteiger partial charge is 0.141 e. The Kier molecular flexibility index (Phi) is 4.69. The summed E-state index contributed by atoms with van der Waals surface area (Å²) in [5.74, 6) is 0.0958. The zero-order valence-corrected chi connectivity index (χ0v) is 9.63. The second kappa shape index (κ2) is 5.81. The number of rotatable bonds is 5. The van der Waals surface area contributed by atoms with Crippen LogP contribution in [0.2, 0.25) is 0 Å². The summed E-state index contributed by atoms with van der Waals surface area (Å²) in [7, 11) is 0. The normalized spacial score (nSPS) is 13.1. The fraction of sp³-hybridized carbons (Fsp3) is 0.583. The Labute approximate surface area is 90.9 Å². The standard InChI is InChI=1S/C12H19FN2/c1-4-10(7-14-9(2)3)12-6-5-11(13)8-15-12/h5-6,8-10,14H,4,7H2,1-3H3. The minimum atomic E-state index is -0.273. The molecule has 15 heavy (non-hydrogen) atoms. The van der Waals surface area contributed by atoms with Crippen LogP contribution < -0.4 is 5.32 Å². The fourth-order valence-electron chi connectivity index (χ4n) is 1.46. The first-order valence-electron chi connectivity index (χ1n) is 5.48. The van der Waals surface area contributed by atoms with E-state index in [1.54, 1.807) is 6.07 Å². The van der Waals surface area contributed by atoms with Gasteiger partial charge in [-0.05, 0) is 18.6 Å². The van der Waals surface area contributed by atoms with Gasteiger partial charge in [-0.3, -0.25) is 4.98 Å². The highest BCUT2D eigenvalue weighted by Crippen LogP contribution is 2.16. The van der Waals surface area contributed by atoms with Gasteiger partial charge in [0.1, 0.15) is 5.82 Å². The maximum absolute atomic E-state index is 12.7. The first-order valence-corrected chi connectivity index (χ1v) is 5.48. The molecule has 3 heteroatoms. The number of aromatic nitrogens is 1. The van der Waals surface area contributed by atoms with E-state index in [0.717, 1.165) is 18.7 Å².